The lowest BCUT2D eigenvalue weighted by Gasteiger charge is -2.13. The van der Waals surface area contributed by atoms with Gasteiger partial charge in [-0.1, -0.05) is 17.3 Å². The van der Waals surface area contributed by atoms with E-state index in [4.69, 9.17) is 9.26 Å². The monoisotopic (exact) mass is 546 g/mol. The van der Waals surface area contributed by atoms with E-state index in [9.17, 15) is 10.1 Å². The molecule has 4 aromatic rings. The third kappa shape index (κ3) is 5.94. The summed E-state index contributed by atoms with van der Waals surface area (Å²) in [5, 5.41) is 16.4. The highest BCUT2D eigenvalue weighted by Gasteiger charge is 2.14. The maximum Gasteiger partial charge on any atom is 0.255 e. The normalized spacial score (nSPS) is 10.8. The molecular weight excluding hydrogens is 524 g/mol. The molecule has 10 heteroatoms. The number of hydrogen-bond acceptors (Lipinski definition) is 8. The molecule has 0 atom stereocenters. The van der Waals surface area contributed by atoms with Gasteiger partial charge in [0.1, 0.15) is 12.4 Å². The number of amides is 1. The van der Waals surface area contributed by atoms with Gasteiger partial charge in [0.15, 0.2) is 0 Å². The van der Waals surface area contributed by atoms with Crippen molar-refractivity contribution in [3.05, 3.63) is 76.2 Å². The van der Waals surface area contributed by atoms with Crippen LogP contribution < -0.4 is 10.1 Å². The summed E-state index contributed by atoms with van der Waals surface area (Å²) in [7, 11) is 3.93. The van der Waals surface area contributed by atoms with Crippen molar-refractivity contribution < 1.29 is 14.1 Å². The van der Waals surface area contributed by atoms with Gasteiger partial charge in [0.05, 0.1) is 33.7 Å². The molecule has 182 valence electrons. The van der Waals surface area contributed by atoms with Crippen LogP contribution in [0.3, 0.4) is 0 Å². The molecule has 0 aliphatic heterocycles. The lowest BCUT2D eigenvalue weighted by atomic mass is 10.0. The third-order valence-electron chi connectivity index (χ3n) is 5.21. The average Bonchev–Trinajstić information content (AvgIpc) is 3.31. The Bertz CT molecular complexity index is 1430. The Labute approximate surface area is 216 Å². The molecule has 0 spiro atoms. The Morgan fingerprint density at radius 2 is 2.03 bits per heavy atom. The van der Waals surface area contributed by atoms with Crippen molar-refractivity contribution in [1.29, 1.82) is 5.26 Å². The zero-order valence-electron chi connectivity index (χ0n) is 19.9. The fraction of sp³-hybridized carbons (Fsp3) is 0.192. The largest absolute Gasteiger partial charge is 0.491 e. The molecule has 0 bridgehead atoms. The van der Waals surface area contributed by atoms with Crippen LogP contribution in [-0.2, 0) is 0 Å². The fourth-order valence-electron chi connectivity index (χ4n) is 3.34. The van der Waals surface area contributed by atoms with E-state index >= 15 is 0 Å². The van der Waals surface area contributed by atoms with E-state index < -0.39 is 0 Å². The number of benzene rings is 2. The summed E-state index contributed by atoms with van der Waals surface area (Å²) in [6.07, 6.45) is 1.55. The van der Waals surface area contributed by atoms with Crippen molar-refractivity contribution in [2.75, 3.05) is 32.6 Å². The Kier molecular flexibility index (Phi) is 7.73. The standard InChI is InChI=1S/C26H23BrN6O3/c1-16-30-25(32-36-16)17-4-7-21(19(12-17)14-28)23-9-6-20(15-29-23)31-26(34)18-5-8-22(27)24(13-18)35-11-10-33(2)3/h4-9,12-13,15H,10-11H2,1-3H3,(H,31,34). The number of nitriles is 1. The van der Waals surface area contributed by atoms with Crippen LogP contribution in [0.4, 0.5) is 5.69 Å². The van der Waals surface area contributed by atoms with E-state index in [1.165, 1.54) is 0 Å². The topological polar surface area (TPSA) is 117 Å². The third-order valence-corrected chi connectivity index (χ3v) is 5.87. The van der Waals surface area contributed by atoms with Gasteiger partial charge in [0.2, 0.25) is 11.7 Å². The van der Waals surface area contributed by atoms with Crippen LogP contribution in [0.1, 0.15) is 21.8 Å². The number of ether oxygens (including phenoxy) is 1. The second-order valence-electron chi connectivity index (χ2n) is 8.19. The molecule has 4 rings (SSSR count). The number of likely N-dealkylation sites (N-methyl/N-ethyl adjacent to an activating group) is 1. The highest BCUT2D eigenvalue weighted by atomic mass is 79.9. The highest BCUT2D eigenvalue weighted by Crippen LogP contribution is 2.28. The van der Waals surface area contributed by atoms with Gasteiger partial charge in [0, 0.05) is 30.2 Å². The number of pyridine rings is 1. The first-order valence-corrected chi connectivity index (χ1v) is 11.8. The molecule has 0 unspecified atom stereocenters. The number of nitrogens with one attached hydrogen (secondary N) is 1. The predicted octanol–water partition coefficient (Wildman–Crippen LogP) is 4.93. The maximum absolute atomic E-state index is 12.8. The van der Waals surface area contributed by atoms with Crippen molar-refractivity contribution in [2.45, 2.75) is 6.92 Å². The lowest BCUT2D eigenvalue weighted by Crippen LogP contribution is -2.19. The molecule has 0 aliphatic rings. The molecular formula is C26H23BrN6O3. The molecule has 1 amide bonds. The summed E-state index contributed by atoms with van der Waals surface area (Å²) in [4.78, 5) is 23.5. The number of carbonyl (C=O) groups excluding carboxylic acids is 1. The average molecular weight is 547 g/mol. The van der Waals surface area contributed by atoms with Crippen molar-refractivity contribution in [3.8, 4) is 34.5 Å². The van der Waals surface area contributed by atoms with E-state index in [1.807, 2.05) is 25.1 Å². The summed E-state index contributed by atoms with van der Waals surface area (Å²) in [5.74, 6) is 1.18. The van der Waals surface area contributed by atoms with Crippen LogP contribution in [0.5, 0.6) is 5.75 Å². The molecule has 0 saturated carbocycles. The second kappa shape index (κ2) is 11.1. The van der Waals surface area contributed by atoms with Crippen LogP contribution in [0.25, 0.3) is 22.6 Å². The van der Waals surface area contributed by atoms with E-state index in [0.717, 1.165) is 11.0 Å². The maximum atomic E-state index is 12.8. The Morgan fingerprint density at radius 1 is 1.19 bits per heavy atom. The number of anilines is 1. The number of aryl methyl sites for hydroxylation is 1. The van der Waals surface area contributed by atoms with Crippen molar-refractivity contribution >= 4 is 27.5 Å². The number of nitrogens with zero attached hydrogens (tertiary/aromatic N) is 5. The molecule has 0 radical (unpaired) electrons. The quantitative estimate of drug-likeness (QED) is 0.330. The number of hydrogen-bond donors (Lipinski definition) is 1. The molecule has 9 nitrogen and oxygen atoms in total. The van der Waals surface area contributed by atoms with Gasteiger partial charge in [0.25, 0.3) is 5.91 Å². The minimum atomic E-state index is -0.285. The molecule has 2 aromatic carbocycles. The molecule has 0 fully saturated rings. The SMILES string of the molecule is Cc1nc(-c2ccc(-c3ccc(NC(=O)c4ccc(Br)c(OCCN(C)C)c4)cn3)c(C#N)c2)no1. The zero-order valence-corrected chi connectivity index (χ0v) is 21.5. The first-order chi connectivity index (χ1) is 17.3. The molecule has 2 heterocycles. The van der Waals surface area contributed by atoms with Crippen LogP contribution in [0, 0.1) is 18.3 Å². The first kappa shape index (κ1) is 25.0. The molecule has 36 heavy (non-hydrogen) atoms. The second-order valence-corrected chi connectivity index (χ2v) is 9.05. The Hall–Kier alpha value is -4.07. The highest BCUT2D eigenvalue weighted by molar-refractivity contribution is 9.10. The summed E-state index contributed by atoms with van der Waals surface area (Å²) in [6.45, 7) is 2.96. The Balaban J connectivity index is 1.48. The van der Waals surface area contributed by atoms with Crippen molar-refractivity contribution in [1.82, 2.24) is 20.0 Å². The minimum Gasteiger partial charge on any atom is -0.491 e. The summed E-state index contributed by atoms with van der Waals surface area (Å²) >= 11 is 3.46. The van der Waals surface area contributed by atoms with E-state index in [2.05, 4.69) is 42.4 Å². The number of carbonyl (C=O) groups is 1. The van der Waals surface area contributed by atoms with Crippen LogP contribution in [-0.4, -0.2) is 53.2 Å². The summed E-state index contributed by atoms with van der Waals surface area (Å²) in [5.41, 5.74) is 3.35. The summed E-state index contributed by atoms with van der Waals surface area (Å²) < 4.78 is 11.6. The molecule has 0 aliphatic carbocycles. The van der Waals surface area contributed by atoms with E-state index in [0.29, 0.717) is 57.7 Å². The van der Waals surface area contributed by atoms with E-state index in [-0.39, 0.29) is 5.91 Å². The van der Waals surface area contributed by atoms with E-state index in [1.54, 1.807) is 55.6 Å². The predicted molar refractivity (Wildman–Crippen MR) is 139 cm³/mol. The number of rotatable bonds is 8. The molecule has 2 aromatic heterocycles. The van der Waals surface area contributed by atoms with Crippen molar-refractivity contribution in [2.24, 2.45) is 0 Å². The lowest BCUT2D eigenvalue weighted by molar-refractivity contribution is 0.102. The zero-order chi connectivity index (χ0) is 25.7. The van der Waals surface area contributed by atoms with Gasteiger partial charge in [-0.05, 0) is 66.4 Å². The van der Waals surface area contributed by atoms with Crippen LogP contribution in [0.15, 0.2) is 63.7 Å². The van der Waals surface area contributed by atoms with Gasteiger partial charge < -0.3 is 19.5 Å². The summed E-state index contributed by atoms with van der Waals surface area (Å²) in [6, 6.07) is 16.2. The molecule has 1 N–H and O–H groups in total. The number of aromatic nitrogens is 3. The van der Waals surface area contributed by atoms with Gasteiger partial charge in [-0.25, -0.2) is 0 Å². The number of halogens is 1. The van der Waals surface area contributed by atoms with Gasteiger partial charge >= 0.3 is 0 Å². The van der Waals surface area contributed by atoms with Crippen molar-refractivity contribution in [3.63, 3.8) is 0 Å². The first-order valence-electron chi connectivity index (χ1n) is 11.0. The van der Waals surface area contributed by atoms with Gasteiger partial charge in [-0.3, -0.25) is 9.78 Å². The molecule has 0 saturated heterocycles. The Morgan fingerprint density at radius 3 is 2.69 bits per heavy atom. The van der Waals surface area contributed by atoms with Gasteiger partial charge in [-0.2, -0.15) is 10.2 Å². The van der Waals surface area contributed by atoms with Crippen LogP contribution in [0.2, 0.25) is 0 Å². The van der Waals surface area contributed by atoms with Crippen LogP contribution >= 0.6 is 15.9 Å². The fourth-order valence-corrected chi connectivity index (χ4v) is 3.70. The smallest absolute Gasteiger partial charge is 0.255 e. The van der Waals surface area contributed by atoms with Gasteiger partial charge in [-0.15, -0.1) is 0 Å². The minimum absolute atomic E-state index is 0.285.